The average molecular weight is 1360 g/mol. The zero-order valence-electron chi connectivity index (χ0n) is 49.6. The van der Waals surface area contributed by atoms with E-state index in [0.29, 0.717) is 0 Å². The molecule has 7 heterocycles. The van der Waals surface area contributed by atoms with Gasteiger partial charge in [-0.15, -0.1) is 0 Å². The summed E-state index contributed by atoms with van der Waals surface area (Å²) in [5.74, 6) is -8.05. The lowest BCUT2D eigenvalue weighted by Crippen LogP contribution is -2.71. The van der Waals surface area contributed by atoms with E-state index in [1.54, 1.807) is 0 Å². The molecule has 0 aliphatic carbocycles. The number of carboxylic acid groups (broad SMARTS) is 1. The number of hydrogen-bond donors (Lipinski definition) is 25. The molecule has 0 spiro atoms. The molecule has 7 saturated heterocycles. The van der Waals surface area contributed by atoms with E-state index in [1.807, 2.05) is 0 Å². The van der Waals surface area contributed by atoms with Crippen molar-refractivity contribution in [2.75, 3.05) is 46.2 Å². The van der Waals surface area contributed by atoms with Crippen molar-refractivity contribution >= 4 is 23.7 Å². The molecule has 0 bridgehead atoms. The number of carbonyl (C=O) groups is 4. The first-order valence-corrected chi connectivity index (χ1v) is 29.2. The molecule has 538 valence electrons. The van der Waals surface area contributed by atoms with Gasteiger partial charge in [0.1, 0.15) is 165 Å². The molecular formula is C51H85N3O39. The van der Waals surface area contributed by atoms with E-state index in [9.17, 15) is 132 Å². The van der Waals surface area contributed by atoms with Crippen LogP contribution in [0.2, 0.25) is 0 Å². The number of aliphatic hydroxyl groups excluding tert-OH is 21. The third-order valence-electron chi connectivity index (χ3n) is 16.7. The second-order valence-electron chi connectivity index (χ2n) is 23.2. The monoisotopic (exact) mass is 1360 g/mol. The Morgan fingerprint density at radius 1 is 0.430 bits per heavy atom. The van der Waals surface area contributed by atoms with Crippen LogP contribution in [-0.2, 0) is 80.8 Å². The second kappa shape index (κ2) is 32.9. The van der Waals surface area contributed by atoms with Gasteiger partial charge in [-0.05, 0) is 0 Å². The van der Waals surface area contributed by atoms with Crippen LogP contribution in [-0.4, -0.2) is 403 Å². The highest BCUT2D eigenvalue weighted by atomic mass is 16.8. The van der Waals surface area contributed by atoms with Gasteiger partial charge in [0.15, 0.2) is 37.7 Å². The minimum Gasteiger partial charge on any atom is -0.477 e. The van der Waals surface area contributed by atoms with Gasteiger partial charge in [0.25, 0.3) is 5.79 Å². The number of amides is 3. The largest absolute Gasteiger partial charge is 0.477 e. The zero-order valence-corrected chi connectivity index (χ0v) is 49.6. The molecule has 7 fully saturated rings. The summed E-state index contributed by atoms with van der Waals surface area (Å²) in [5.41, 5.74) is 0. The SMILES string of the molecule is CC(=O)N[C@H]1[C@H](O[C@H]2[C@@H](O)[C@@H](CO[C@]3(C(=O)O)C[C@H](O)[C@@H](NC(C)=O)[C@H]([C@H](O)[C@H](O)CO)O3)O[C@@H](O[C@H]3[C@H](O)[C@@H](NC(C)=O)[C@H](O[C@H]4[C@@H](O)[C@@H](CO)O[C@@H](O[C@H]5[C@H](O)[C@@H](O)[C@H](O)O[C@@H]5CO)[C@@H]4O)O[C@@H]3CO)[C@@H]2O)O[C@H](CO)[C@@H](O[C@@H]2O[C@H](CO)[C@H](O)[C@H](O)[C@H]2O)[C@@H]1O. The van der Waals surface area contributed by atoms with Crippen molar-refractivity contribution in [3.05, 3.63) is 0 Å². The molecule has 0 unspecified atom stereocenters. The molecule has 0 aromatic heterocycles. The topological polar surface area (TPSA) is 669 Å². The Morgan fingerprint density at radius 2 is 0.806 bits per heavy atom. The second-order valence-corrected chi connectivity index (χ2v) is 23.2. The van der Waals surface area contributed by atoms with Gasteiger partial charge in [0.2, 0.25) is 17.7 Å². The third-order valence-corrected chi connectivity index (χ3v) is 16.7. The summed E-state index contributed by atoms with van der Waals surface area (Å²) in [6.07, 6.45) is -67.6. The molecule has 7 rings (SSSR count). The van der Waals surface area contributed by atoms with Crippen LogP contribution in [0.25, 0.3) is 0 Å². The molecule has 0 radical (unpaired) electrons. The van der Waals surface area contributed by atoms with Crippen LogP contribution >= 0.6 is 0 Å². The van der Waals surface area contributed by atoms with Crippen molar-refractivity contribution < 1.29 is 193 Å². The number of ether oxygens (including phenoxy) is 13. The predicted octanol–water partition coefficient (Wildman–Crippen LogP) is -16.6. The Hall–Kier alpha value is -3.48. The van der Waals surface area contributed by atoms with Crippen molar-refractivity contribution in [1.29, 1.82) is 0 Å². The number of nitrogens with one attached hydrogen (secondary N) is 3. The smallest absolute Gasteiger partial charge is 0.364 e. The Morgan fingerprint density at radius 3 is 1.24 bits per heavy atom. The molecular weight excluding hydrogens is 1280 g/mol. The standard InChI is InChI=1S/C51H85N3O39/c1-12(61)52-23-15(64)4-51(50(79)80,93-41(23)26(66)16(65)5-55)81-11-22-29(69)43(92-46-24(53-13(2)62)30(70)38(20(9-59)85-46)88-47-35(75)32(72)27(67)17(6-56)83-47)37(77)49(87-22)89-39-21(10-60)86-45(25(31(39)71)54-14(3)63)91-42-28(68)18(7-57)84-48(36(42)76)90-40-19(8-58)82-44(78)34(74)33(40)73/h15-49,55-60,64-78H,4-11H2,1-3H3,(H,52,61)(H,53,62)(H,54,63)(H,79,80)/t15-,16+,17+,18+,19+,20+,21+,22+,23+,24+,25+,26+,27-,28-,29-,30+,31+,32-,33+,34+,35+,36+,37+,38+,39+,40+,41+,42-,43-,44+,45-,46-,47-,48-,49-,51+/m0/s1. The Labute approximate surface area is 525 Å². The summed E-state index contributed by atoms with van der Waals surface area (Å²) in [7, 11) is 0. The van der Waals surface area contributed by atoms with Gasteiger partial charge in [-0.25, -0.2) is 4.79 Å². The van der Waals surface area contributed by atoms with Crippen LogP contribution in [0, 0.1) is 0 Å². The third kappa shape index (κ3) is 16.8. The van der Waals surface area contributed by atoms with E-state index in [-0.39, 0.29) is 0 Å². The van der Waals surface area contributed by atoms with Crippen molar-refractivity contribution in [2.24, 2.45) is 0 Å². The summed E-state index contributed by atoms with van der Waals surface area (Å²) in [6, 6.07) is -5.64. The summed E-state index contributed by atoms with van der Waals surface area (Å²) in [5, 5.41) is 246. The van der Waals surface area contributed by atoms with Gasteiger partial charge in [0.05, 0.1) is 58.4 Å². The lowest BCUT2D eigenvalue weighted by atomic mass is 9.88. The summed E-state index contributed by atoms with van der Waals surface area (Å²) in [4.78, 5) is 51.2. The van der Waals surface area contributed by atoms with E-state index in [2.05, 4.69) is 16.0 Å². The van der Waals surface area contributed by atoms with Gasteiger partial charge in [-0.3, -0.25) is 14.4 Å². The lowest BCUT2D eigenvalue weighted by Gasteiger charge is -2.51. The molecule has 42 nitrogen and oxygen atoms in total. The first kappa shape index (κ1) is 76.9. The summed E-state index contributed by atoms with van der Waals surface area (Å²) < 4.78 is 74.9. The van der Waals surface area contributed by atoms with E-state index < -0.39 is 297 Å². The molecule has 0 aromatic carbocycles. The number of hydrogen-bond acceptors (Lipinski definition) is 38. The van der Waals surface area contributed by atoms with Gasteiger partial charge >= 0.3 is 5.97 Å². The van der Waals surface area contributed by atoms with Crippen molar-refractivity contribution in [3.8, 4) is 0 Å². The molecule has 3 amide bonds. The molecule has 42 heteroatoms. The highest BCUT2D eigenvalue weighted by Crippen LogP contribution is 2.39. The van der Waals surface area contributed by atoms with Crippen LogP contribution in [0.3, 0.4) is 0 Å². The number of aliphatic carboxylic acids is 1. The number of carboxylic acids is 1. The predicted molar refractivity (Wildman–Crippen MR) is 284 cm³/mol. The highest BCUT2D eigenvalue weighted by Gasteiger charge is 2.61. The molecule has 0 saturated carbocycles. The summed E-state index contributed by atoms with van der Waals surface area (Å²) in [6.45, 7) is -4.99. The maximum absolute atomic E-state index is 13.3. The lowest BCUT2D eigenvalue weighted by molar-refractivity contribution is -0.389. The van der Waals surface area contributed by atoms with Gasteiger partial charge < -0.3 is 190 Å². The quantitative estimate of drug-likeness (QED) is 0.0404. The average Bonchev–Trinajstić information content (AvgIpc) is 0.825. The van der Waals surface area contributed by atoms with E-state index in [4.69, 9.17) is 61.6 Å². The minimum atomic E-state index is -3.18. The number of carbonyl (C=O) groups excluding carboxylic acids is 3. The fourth-order valence-corrected chi connectivity index (χ4v) is 11.8. The van der Waals surface area contributed by atoms with Crippen LogP contribution in [0.1, 0.15) is 27.2 Å². The van der Waals surface area contributed by atoms with Gasteiger partial charge in [-0.1, -0.05) is 0 Å². The van der Waals surface area contributed by atoms with Crippen molar-refractivity contribution in [2.45, 2.75) is 248 Å². The molecule has 93 heavy (non-hydrogen) atoms. The Bertz CT molecular complexity index is 2410. The number of aliphatic hydroxyl groups is 21. The van der Waals surface area contributed by atoms with Crippen molar-refractivity contribution in [3.63, 3.8) is 0 Å². The maximum Gasteiger partial charge on any atom is 0.364 e. The van der Waals surface area contributed by atoms with Crippen LogP contribution < -0.4 is 16.0 Å². The molecule has 0 aromatic rings. The van der Waals surface area contributed by atoms with E-state index in [0.717, 1.165) is 20.8 Å². The maximum atomic E-state index is 13.3. The Balaban J connectivity index is 1.22. The van der Waals surface area contributed by atoms with Crippen LogP contribution in [0.5, 0.6) is 0 Å². The normalized spacial score (nSPS) is 47.2. The number of rotatable bonds is 25. The van der Waals surface area contributed by atoms with Crippen LogP contribution in [0.15, 0.2) is 0 Å². The minimum absolute atomic E-state index is 0.860. The molecule has 7 aliphatic heterocycles. The fourth-order valence-electron chi connectivity index (χ4n) is 11.8. The first-order valence-electron chi connectivity index (χ1n) is 29.2. The van der Waals surface area contributed by atoms with Crippen LogP contribution in [0.4, 0.5) is 0 Å². The first-order chi connectivity index (χ1) is 43.8. The Kier molecular flexibility index (Phi) is 27.2. The molecule has 36 atom stereocenters. The molecule has 25 N–H and O–H groups in total. The highest BCUT2D eigenvalue weighted by molar-refractivity contribution is 5.77. The van der Waals surface area contributed by atoms with Gasteiger partial charge in [0, 0.05) is 27.2 Å². The van der Waals surface area contributed by atoms with Crippen molar-refractivity contribution in [1.82, 2.24) is 16.0 Å². The van der Waals surface area contributed by atoms with E-state index >= 15 is 0 Å². The fraction of sp³-hybridized carbons (Fsp3) is 0.922. The summed E-state index contributed by atoms with van der Waals surface area (Å²) >= 11 is 0. The van der Waals surface area contributed by atoms with E-state index in [1.165, 1.54) is 0 Å². The zero-order chi connectivity index (χ0) is 69.0. The molecule has 7 aliphatic rings. The van der Waals surface area contributed by atoms with Gasteiger partial charge in [-0.2, -0.15) is 0 Å².